The molecule has 0 fully saturated rings. The highest BCUT2D eigenvalue weighted by Gasteiger charge is 2.17. The number of nitrogens with one attached hydrogen (secondary N) is 1. The number of rotatable bonds is 13. The Morgan fingerprint density at radius 2 is 1.75 bits per heavy atom. The summed E-state index contributed by atoms with van der Waals surface area (Å²) in [4.78, 5) is 21.6. The standard InChI is InChI=1S/C12H23NO6S/c1-10(14)13-11(12(15)16)9-20-8-7-19-6-5-18-4-3-17-2/h11H,3-9H2,1-2H3,(H,13,14)(H,15,16)/t11-/m0/s1. The van der Waals surface area contributed by atoms with E-state index in [0.29, 0.717) is 44.5 Å². The fourth-order valence-corrected chi connectivity index (χ4v) is 2.07. The molecule has 118 valence electrons. The van der Waals surface area contributed by atoms with Crippen LogP contribution in [0.3, 0.4) is 0 Å². The van der Waals surface area contributed by atoms with Gasteiger partial charge in [-0.25, -0.2) is 4.79 Å². The first kappa shape index (κ1) is 19.2. The second kappa shape index (κ2) is 13.2. The van der Waals surface area contributed by atoms with E-state index in [1.54, 1.807) is 7.11 Å². The quantitative estimate of drug-likeness (QED) is 0.462. The molecule has 20 heavy (non-hydrogen) atoms. The summed E-state index contributed by atoms with van der Waals surface area (Å²) >= 11 is 1.42. The Hall–Kier alpha value is -0.830. The molecule has 0 rings (SSSR count). The topological polar surface area (TPSA) is 94.1 Å². The van der Waals surface area contributed by atoms with Crippen molar-refractivity contribution in [2.24, 2.45) is 0 Å². The molecule has 0 saturated carbocycles. The van der Waals surface area contributed by atoms with E-state index in [1.165, 1.54) is 18.7 Å². The van der Waals surface area contributed by atoms with Crippen molar-refractivity contribution in [3.8, 4) is 0 Å². The highest BCUT2D eigenvalue weighted by molar-refractivity contribution is 7.99. The third-order valence-electron chi connectivity index (χ3n) is 2.14. The van der Waals surface area contributed by atoms with E-state index in [2.05, 4.69) is 5.32 Å². The molecule has 8 heteroatoms. The number of carboxylic acids is 1. The smallest absolute Gasteiger partial charge is 0.327 e. The molecule has 0 aliphatic carbocycles. The van der Waals surface area contributed by atoms with Crippen LogP contribution in [-0.4, -0.2) is 74.7 Å². The minimum Gasteiger partial charge on any atom is -0.480 e. The SMILES string of the molecule is COCCOCCOCCSC[C@H](NC(C)=O)C(=O)O. The lowest BCUT2D eigenvalue weighted by atomic mass is 10.3. The average molecular weight is 309 g/mol. The Labute approximate surface area is 123 Å². The summed E-state index contributed by atoms with van der Waals surface area (Å²) in [6, 6.07) is -0.852. The number of methoxy groups -OCH3 is 1. The van der Waals surface area contributed by atoms with E-state index in [0.717, 1.165) is 0 Å². The van der Waals surface area contributed by atoms with Crippen molar-refractivity contribution in [2.45, 2.75) is 13.0 Å². The maximum Gasteiger partial charge on any atom is 0.327 e. The monoisotopic (exact) mass is 309 g/mol. The normalized spacial score (nSPS) is 12.1. The van der Waals surface area contributed by atoms with Crippen molar-refractivity contribution in [2.75, 3.05) is 51.6 Å². The van der Waals surface area contributed by atoms with Gasteiger partial charge in [-0.15, -0.1) is 0 Å². The minimum atomic E-state index is -1.03. The number of ether oxygens (including phenoxy) is 3. The third-order valence-corrected chi connectivity index (χ3v) is 3.16. The van der Waals surface area contributed by atoms with Crippen LogP contribution in [0, 0.1) is 0 Å². The number of carbonyl (C=O) groups excluding carboxylic acids is 1. The first-order valence-electron chi connectivity index (χ1n) is 6.30. The predicted octanol–water partition coefficient (Wildman–Crippen LogP) is -0.0115. The number of aliphatic carboxylic acids is 1. The zero-order valence-corrected chi connectivity index (χ0v) is 12.7. The molecule has 7 nitrogen and oxygen atoms in total. The summed E-state index contributed by atoms with van der Waals surface area (Å²) in [5.74, 6) is -0.382. The molecule has 0 aromatic carbocycles. The summed E-state index contributed by atoms with van der Waals surface area (Å²) < 4.78 is 15.4. The van der Waals surface area contributed by atoms with Crippen molar-refractivity contribution >= 4 is 23.6 Å². The molecule has 0 aromatic rings. The van der Waals surface area contributed by atoms with Crippen LogP contribution in [0.1, 0.15) is 6.92 Å². The van der Waals surface area contributed by atoms with E-state index < -0.39 is 12.0 Å². The number of amides is 1. The molecule has 1 amide bonds. The lowest BCUT2D eigenvalue weighted by Crippen LogP contribution is -2.41. The van der Waals surface area contributed by atoms with Crippen LogP contribution in [0.2, 0.25) is 0 Å². The number of carbonyl (C=O) groups is 2. The highest BCUT2D eigenvalue weighted by atomic mass is 32.2. The van der Waals surface area contributed by atoms with Gasteiger partial charge in [0, 0.05) is 25.5 Å². The largest absolute Gasteiger partial charge is 0.480 e. The zero-order valence-electron chi connectivity index (χ0n) is 11.9. The Bertz CT molecular complexity index is 277. The molecule has 0 unspecified atom stereocenters. The number of hydrogen-bond donors (Lipinski definition) is 2. The van der Waals surface area contributed by atoms with Gasteiger partial charge in [-0.1, -0.05) is 0 Å². The van der Waals surface area contributed by atoms with Gasteiger partial charge in [0.25, 0.3) is 0 Å². The molecular formula is C12H23NO6S. The van der Waals surface area contributed by atoms with Gasteiger partial charge in [0.1, 0.15) is 6.04 Å². The van der Waals surface area contributed by atoms with Crippen LogP contribution < -0.4 is 5.32 Å². The fourth-order valence-electron chi connectivity index (χ4n) is 1.20. The molecule has 0 aromatic heterocycles. The summed E-state index contributed by atoms with van der Waals surface area (Å²) in [6.07, 6.45) is 0. The Morgan fingerprint density at radius 3 is 2.30 bits per heavy atom. The lowest BCUT2D eigenvalue weighted by molar-refractivity contribution is -0.140. The molecule has 1 atom stereocenters. The van der Waals surface area contributed by atoms with Gasteiger partial charge in [0.2, 0.25) is 5.91 Å². The average Bonchev–Trinajstić information content (AvgIpc) is 2.39. The third kappa shape index (κ3) is 12.2. The predicted molar refractivity (Wildman–Crippen MR) is 76.1 cm³/mol. The number of hydrogen-bond acceptors (Lipinski definition) is 6. The van der Waals surface area contributed by atoms with E-state index in [1.807, 2.05) is 0 Å². The second-order valence-electron chi connectivity index (χ2n) is 3.88. The van der Waals surface area contributed by atoms with Crippen LogP contribution in [0.4, 0.5) is 0 Å². The number of thioether (sulfide) groups is 1. The van der Waals surface area contributed by atoms with Crippen LogP contribution in [0.15, 0.2) is 0 Å². The molecule has 0 heterocycles. The molecule has 0 radical (unpaired) electrons. The van der Waals surface area contributed by atoms with Gasteiger partial charge >= 0.3 is 5.97 Å². The minimum absolute atomic E-state index is 0.322. The maximum absolute atomic E-state index is 10.8. The van der Waals surface area contributed by atoms with Crippen molar-refractivity contribution in [1.82, 2.24) is 5.32 Å². The molecule has 0 aliphatic rings. The van der Waals surface area contributed by atoms with Crippen LogP contribution >= 0.6 is 11.8 Å². The van der Waals surface area contributed by atoms with Crippen LogP contribution in [0.25, 0.3) is 0 Å². The number of carboxylic acid groups (broad SMARTS) is 1. The van der Waals surface area contributed by atoms with Gasteiger partial charge < -0.3 is 24.6 Å². The Kier molecular flexibility index (Phi) is 12.6. The van der Waals surface area contributed by atoms with Crippen LogP contribution in [-0.2, 0) is 23.8 Å². The highest BCUT2D eigenvalue weighted by Crippen LogP contribution is 2.03. The summed E-state index contributed by atoms with van der Waals surface area (Å²) in [6.45, 7) is 3.94. The van der Waals surface area contributed by atoms with Crippen molar-refractivity contribution in [3.05, 3.63) is 0 Å². The first-order chi connectivity index (χ1) is 9.57. The second-order valence-corrected chi connectivity index (χ2v) is 5.03. The van der Waals surface area contributed by atoms with Gasteiger partial charge in [0.05, 0.1) is 33.0 Å². The van der Waals surface area contributed by atoms with Crippen molar-refractivity contribution in [1.29, 1.82) is 0 Å². The summed E-state index contributed by atoms with van der Waals surface area (Å²) in [5, 5.41) is 11.3. The van der Waals surface area contributed by atoms with E-state index >= 15 is 0 Å². The first-order valence-corrected chi connectivity index (χ1v) is 7.45. The summed E-state index contributed by atoms with van der Waals surface area (Å²) in [7, 11) is 1.61. The maximum atomic E-state index is 10.8. The molecule has 0 bridgehead atoms. The van der Waals surface area contributed by atoms with Crippen molar-refractivity contribution < 1.29 is 28.9 Å². The van der Waals surface area contributed by atoms with Gasteiger partial charge in [0.15, 0.2) is 0 Å². The molecule has 2 N–H and O–H groups in total. The Balaban J connectivity index is 3.41. The molecule has 0 spiro atoms. The van der Waals surface area contributed by atoms with Crippen molar-refractivity contribution in [3.63, 3.8) is 0 Å². The van der Waals surface area contributed by atoms with E-state index in [4.69, 9.17) is 19.3 Å². The molecule has 0 saturated heterocycles. The van der Waals surface area contributed by atoms with Gasteiger partial charge in [-0.2, -0.15) is 11.8 Å². The molecule has 0 aliphatic heterocycles. The van der Waals surface area contributed by atoms with E-state index in [9.17, 15) is 9.59 Å². The summed E-state index contributed by atoms with van der Waals surface area (Å²) in [5.41, 5.74) is 0. The van der Waals surface area contributed by atoms with Crippen LogP contribution in [0.5, 0.6) is 0 Å². The van der Waals surface area contributed by atoms with Gasteiger partial charge in [-0.3, -0.25) is 4.79 Å². The zero-order chi connectivity index (χ0) is 15.2. The fraction of sp³-hybridized carbons (Fsp3) is 0.833. The van der Waals surface area contributed by atoms with Gasteiger partial charge in [-0.05, 0) is 0 Å². The Morgan fingerprint density at radius 1 is 1.15 bits per heavy atom. The van der Waals surface area contributed by atoms with E-state index in [-0.39, 0.29) is 5.91 Å². The lowest BCUT2D eigenvalue weighted by Gasteiger charge is -2.12. The molecular weight excluding hydrogens is 286 g/mol.